The first-order valence-corrected chi connectivity index (χ1v) is 7.10. The van der Waals surface area contributed by atoms with E-state index < -0.39 is 17.5 Å². The van der Waals surface area contributed by atoms with Crippen LogP contribution in [0.5, 0.6) is 0 Å². The standard InChI is InChI=1S/C15H18N4O4/c1-10(2)18-13(20)16-11(3)19(15(18)22)17-14(21)23-9-12-7-5-4-6-8-12/h4-8,10H,9H2,1-3H3,(H,17,21). The van der Waals surface area contributed by atoms with E-state index in [0.29, 0.717) is 0 Å². The molecule has 8 nitrogen and oxygen atoms in total. The highest BCUT2D eigenvalue weighted by atomic mass is 16.6. The van der Waals surface area contributed by atoms with Gasteiger partial charge in [0.05, 0.1) is 0 Å². The molecule has 1 aromatic carbocycles. The maximum absolute atomic E-state index is 12.3. The van der Waals surface area contributed by atoms with Crippen molar-refractivity contribution in [1.82, 2.24) is 14.2 Å². The van der Waals surface area contributed by atoms with Gasteiger partial charge in [0, 0.05) is 6.04 Å². The van der Waals surface area contributed by atoms with Crippen LogP contribution in [0.25, 0.3) is 0 Å². The Kier molecular flexibility index (Phi) is 4.95. The monoisotopic (exact) mass is 318 g/mol. The molecule has 8 heteroatoms. The smallest absolute Gasteiger partial charge is 0.426 e. The molecule has 23 heavy (non-hydrogen) atoms. The third-order valence-electron chi connectivity index (χ3n) is 3.12. The van der Waals surface area contributed by atoms with Crippen molar-refractivity contribution in [2.45, 2.75) is 33.4 Å². The van der Waals surface area contributed by atoms with Crippen molar-refractivity contribution in [1.29, 1.82) is 0 Å². The van der Waals surface area contributed by atoms with Crippen LogP contribution in [-0.2, 0) is 11.3 Å². The third kappa shape index (κ3) is 3.85. The summed E-state index contributed by atoms with van der Waals surface area (Å²) >= 11 is 0. The second-order valence-corrected chi connectivity index (χ2v) is 5.20. The number of benzene rings is 1. The Bertz CT molecular complexity index is 808. The van der Waals surface area contributed by atoms with E-state index in [1.807, 2.05) is 30.3 Å². The summed E-state index contributed by atoms with van der Waals surface area (Å²) in [6.07, 6.45) is -0.810. The molecule has 2 aromatic rings. The minimum Gasteiger partial charge on any atom is -0.443 e. The molecule has 0 bridgehead atoms. The summed E-state index contributed by atoms with van der Waals surface area (Å²) in [7, 11) is 0. The molecule has 1 amide bonds. The molecule has 0 spiro atoms. The van der Waals surface area contributed by atoms with Crippen molar-refractivity contribution < 1.29 is 9.53 Å². The van der Waals surface area contributed by atoms with Crippen molar-refractivity contribution in [3.8, 4) is 0 Å². The van der Waals surface area contributed by atoms with Gasteiger partial charge < -0.3 is 4.74 Å². The molecule has 0 aliphatic carbocycles. The lowest BCUT2D eigenvalue weighted by Gasteiger charge is -2.14. The van der Waals surface area contributed by atoms with Gasteiger partial charge >= 0.3 is 17.5 Å². The highest BCUT2D eigenvalue weighted by Gasteiger charge is 2.15. The predicted molar refractivity (Wildman–Crippen MR) is 83.9 cm³/mol. The number of hydrogen-bond donors (Lipinski definition) is 1. The maximum Gasteiger partial charge on any atom is 0.426 e. The Morgan fingerprint density at radius 3 is 2.52 bits per heavy atom. The summed E-state index contributed by atoms with van der Waals surface area (Å²) in [5.41, 5.74) is 1.78. The number of amides is 1. The van der Waals surface area contributed by atoms with Crippen LogP contribution in [-0.4, -0.2) is 20.3 Å². The fourth-order valence-electron chi connectivity index (χ4n) is 1.99. The van der Waals surface area contributed by atoms with E-state index in [1.54, 1.807) is 13.8 Å². The first-order chi connectivity index (χ1) is 10.9. The fourth-order valence-corrected chi connectivity index (χ4v) is 1.99. The van der Waals surface area contributed by atoms with E-state index in [1.165, 1.54) is 6.92 Å². The molecule has 0 aliphatic rings. The van der Waals surface area contributed by atoms with Gasteiger partial charge in [-0.2, -0.15) is 9.66 Å². The topological polar surface area (TPSA) is 95.2 Å². The van der Waals surface area contributed by atoms with E-state index >= 15 is 0 Å². The Labute approximate surface area is 132 Å². The minimum absolute atomic E-state index is 0.0672. The van der Waals surface area contributed by atoms with E-state index in [0.717, 1.165) is 14.8 Å². The molecular formula is C15H18N4O4. The van der Waals surface area contributed by atoms with Crippen molar-refractivity contribution in [2.75, 3.05) is 5.43 Å². The highest BCUT2D eigenvalue weighted by molar-refractivity contribution is 5.75. The van der Waals surface area contributed by atoms with Crippen LogP contribution in [0.4, 0.5) is 4.79 Å². The number of hydrogen-bond acceptors (Lipinski definition) is 5. The molecule has 0 saturated carbocycles. The van der Waals surface area contributed by atoms with Gasteiger partial charge in [-0.3, -0.25) is 0 Å². The van der Waals surface area contributed by atoms with Crippen LogP contribution in [0.2, 0.25) is 0 Å². The van der Waals surface area contributed by atoms with Gasteiger partial charge in [-0.1, -0.05) is 30.3 Å². The van der Waals surface area contributed by atoms with Crippen LogP contribution in [0.15, 0.2) is 39.9 Å². The second kappa shape index (κ2) is 6.91. The molecule has 0 fully saturated rings. The van der Waals surface area contributed by atoms with Crippen molar-refractivity contribution in [3.63, 3.8) is 0 Å². The van der Waals surface area contributed by atoms with Crippen LogP contribution in [0, 0.1) is 6.92 Å². The number of carbonyl (C=O) groups is 1. The number of rotatable bonds is 4. The molecule has 0 radical (unpaired) electrons. The minimum atomic E-state index is -0.810. The van der Waals surface area contributed by atoms with Crippen LogP contribution < -0.4 is 16.8 Å². The second-order valence-electron chi connectivity index (χ2n) is 5.20. The molecule has 2 rings (SSSR count). The molecule has 0 aliphatic heterocycles. The molecular weight excluding hydrogens is 300 g/mol. The summed E-state index contributed by atoms with van der Waals surface area (Å²) in [6, 6.07) is 8.75. The van der Waals surface area contributed by atoms with Crippen molar-refractivity contribution >= 4 is 6.09 Å². The van der Waals surface area contributed by atoms with E-state index in [-0.39, 0.29) is 18.5 Å². The zero-order chi connectivity index (χ0) is 17.0. The van der Waals surface area contributed by atoms with Gasteiger partial charge in [-0.05, 0) is 26.3 Å². The zero-order valence-corrected chi connectivity index (χ0v) is 13.1. The Morgan fingerprint density at radius 1 is 1.26 bits per heavy atom. The van der Waals surface area contributed by atoms with Gasteiger partial charge in [0.25, 0.3) is 0 Å². The normalized spacial score (nSPS) is 10.6. The third-order valence-corrected chi connectivity index (χ3v) is 3.12. The SMILES string of the molecule is Cc1nc(=O)n(C(C)C)c(=O)n1NC(=O)OCc1ccccc1. The quantitative estimate of drug-likeness (QED) is 0.913. The molecule has 122 valence electrons. The number of nitrogens with one attached hydrogen (secondary N) is 1. The number of carbonyl (C=O) groups excluding carboxylic acids is 1. The molecule has 1 heterocycles. The van der Waals surface area contributed by atoms with Gasteiger partial charge in [0.15, 0.2) is 0 Å². The first kappa shape index (κ1) is 16.5. The van der Waals surface area contributed by atoms with Crippen LogP contribution in [0.3, 0.4) is 0 Å². The van der Waals surface area contributed by atoms with Crippen molar-refractivity contribution in [3.05, 3.63) is 62.7 Å². The summed E-state index contributed by atoms with van der Waals surface area (Å²) in [5.74, 6) is 0.0774. The number of nitrogens with zero attached hydrogens (tertiary/aromatic N) is 3. The lowest BCUT2D eigenvalue weighted by Crippen LogP contribution is -2.47. The lowest BCUT2D eigenvalue weighted by atomic mass is 10.2. The molecule has 0 atom stereocenters. The maximum atomic E-state index is 12.3. The predicted octanol–water partition coefficient (Wildman–Crippen LogP) is 1.17. The van der Waals surface area contributed by atoms with Crippen LogP contribution in [0.1, 0.15) is 31.3 Å². The Balaban J connectivity index is 2.16. The number of aryl methyl sites for hydroxylation is 1. The number of ether oxygens (including phenoxy) is 1. The van der Waals surface area contributed by atoms with Gasteiger partial charge in [0.2, 0.25) is 0 Å². The Hall–Kier alpha value is -2.90. The average Bonchev–Trinajstić information content (AvgIpc) is 2.50. The van der Waals surface area contributed by atoms with E-state index in [4.69, 9.17) is 4.74 Å². The fraction of sp³-hybridized carbons (Fsp3) is 0.333. The van der Waals surface area contributed by atoms with E-state index in [9.17, 15) is 14.4 Å². The average molecular weight is 318 g/mol. The van der Waals surface area contributed by atoms with Gasteiger partial charge in [-0.15, -0.1) is 0 Å². The Morgan fingerprint density at radius 2 is 1.91 bits per heavy atom. The summed E-state index contributed by atoms with van der Waals surface area (Å²) in [6.45, 7) is 4.87. The van der Waals surface area contributed by atoms with Gasteiger partial charge in [0.1, 0.15) is 12.4 Å². The molecule has 1 N–H and O–H groups in total. The zero-order valence-electron chi connectivity index (χ0n) is 13.1. The van der Waals surface area contributed by atoms with Crippen molar-refractivity contribution in [2.24, 2.45) is 0 Å². The molecule has 0 unspecified atom stereocenters. The molecule has 0 saturated heterocycles. The first-order valence-electron chi connectivity index (χ1n) is 7.10. The lowest BCUT2D eigenvalue weighted by molar-refractivity contribution is 0.151. The highest BCUT2D eigenvalue weighted by Crippen LogP contribution is 2.01. The largest absolute Gasteiger partial charge is 0.443 e. The number of aromatic nitrogens is 3. The van der Waals surface area contributed by atoms with Crippen LogP contribution >= 0.6 is 0 Å². The van der Waals surface area contributed by atoms with E-state index in [2.05, 4.69) is 10.4 Å². The molecule has 1 aromatic heterocycles. The summed E-state index contributed by atoms with van der Waals surface area (Å²) < 4.78 is 6.89. The summed E-state index contributed by atoms with van der Waals surface area (Å²) in [4.78, 5) is 39.6. The summed E-state index contributed by atoms with van der Waals surface area (Å²) in [5, 5.41) is 0. The van der Waals surface area contributed by atoms with Gasteiger partial charge in [-0.25, -0.2) is 24.4 Å².